The lowest BCUT2D eigenvalue weighted by Gasteiger charge is -2.10. The zero-order valence-electron chi connectivity index (χ0n) is 8.75. The third kappa shape index (κ3) is 1.69. The Bertz CT molecular complexity index is 648. The Hall–Kier alpha value is -2.50. The van der Waals surface area contributed by atoms with E-state index in [0.29, 0.717) is 29.6 Å². The molecule has 17 heavy (non-hydrogen) atoms. The molecule has 0 atom stereocenters. The second-order valence-corrected chi connectivity index (χ2v) is 3.42. The molecule has 0 spiro atoms. The van der Waals surface area contributed by atoms with Crippen molar-refractivity contribution >= 4 is 12.0 Å². The molecule has 3 heterocycles. The van der Waals surface area contributed by atoms with Gasteiger partial charge in [-0.1, -0.05) is 0 Å². The van der Waals surface area contributed by atoms with Crippen LogP contribution in [0.3, 0.4) is 0 Å². The number of rotatable bonds is 1. The lowest BCUT2D eigenvalue weighted by Crippen LogP contribution is -2.10. The minimum atomic E-state index is -0.229. The van der Waals surface area contributed by atoms with Crippen molar-refractivity contribution in [3.63, 3.8) is 0 Å². The van der Waals surface area contributed by atoms with Crippen molar-refractivity contribution in [3.05, 3.63) is 34.9 Å². The summed E-state index contributed by atoms with van der Waals surface area (Å²) < 4.78 is 5.28. The first-order valence-electron chi connectivity index (χ1n) is 5.05. The van der Waals surface area contributed by atoms with Crippen molar-refractivity contribution in [1.82, 2.24) is 15.0 Å². The molecule has 2 aromatic rings. The van der Waals surface area contributed by atoms with Gasteiger partial charge in [-0.25, -0.2) is 15.0 Å². The molecule has 0 radical (unpaired) electrons. The van der Waals surface area contributed by atoms with Crippen LogP contribution in [0.2, 0.25) is 0 Å². The van der Waals surface area contributed by atoms with E-state index in [0.717, 1.165) is 0 Å². The molecule has 2 aromatic heterocycles. The van der Waals surface area contributed by atoms with Crippen LogP contribution in [0.1, 0.15) is 0 Å². The Morgan fingerprint density at radius 3 is 3.24 bits per heavy atom. The smallest absolute Gasteiger partial charge is 0.259 e. The average molecular weight is 228 g/mol. The largest absolute Gasteiger partial charge is 0.482 e. The van der Waals surface area contributed by atoms with Crippen LogP contribution in [0, 0.1) is 0 Å². The number of hydrogen-bond donors (Lipinski definition) is 1. The molecule has 0 bridgehead atoms. The van der Waals surface area contributed by atoms with E-state index in [4.69, 9.17) is 4.74 Å². The van der Waals surface area contributed by atoms with Gasteiger partial charge in [-0.15, -0.1) is 0 Å². The summed E-state index contributed by atoms with van der Waals surface area (Å²) in [5, 5.41) is 0. The van der Waals surface area contributed by atoms with Crippen molar-refractivity contribution in [3.8, 4) is 17.1 Å². The molecule has 84 valence electrons. The lowest BCUT2D eigenvalue weighted by atomic mass is 10.2. The Kier molecular flexibility index (Phi) is 2.18. The first-order chi connectivity index (χ1) is 8.34. The highest BCUT2D eigenvalue weighted by molar-refractivity contribution is 5.69. The van der Waals surface area contributed by atoms with Crippen LogP contribution in [-0.4, -0.2) is 27.8 Å². The van der Waals surface area contributed by atoms with Gasteiger partial charge >= 0.3 is 0 Å². The fraction of sp³-hybridized carbons (Fsp3) is 0.0909. The summed E-state index contributed by atoms with van der Waals surface area (Å²) >= 11 is 0. The third-order valence-electron chi connectivity index (χ3n) is 2.32. The molecule has 0 fully saturated rings. The number of nitrogens with zero attached hydrogens (tertiary/aromatic N) is 3. The summed E-state index contributed by atoms with van der Waals surface area (Å²) in [4.78, 5) is 26.5. The van der Waals surface area contributed by atoms with Crippen molar-refractivity contribution < 1.29 is 4.74 Å². The molecule has 1 aliphatic rings. The van der Waals surface area contributed by atoms with Gasteiger partial charge in [-0.3, -0.25) is 4.79 Å². The molecule has 0 amide bonds. The predicted molar refractivity (Wildman–Crippen MR) is 61.7 cm³/mol. The second-order valence-electron chi connectivity index (χ2n) is 3.42. The molecular formula is C11H8N4O2. The average Bonchev–Trinajstić information content (AvgIpc) is 2.39. The molecule has 6 nitrogen and oxygen atoms in total. The van der Waals surface area contributed by atoms with Gasteiger partial charge in [0.2, 0.25) is 0 Å². The minimum absolute atomic E-state index is 0.229. The van der Waals surface area contributed by atoms with Crippen molar-refractivity contribution in [2.45, 2.75) is 0 Å². The highest BCUT2D eigenvalue weighted by Gasteiger charge is 2.12. The van der Waals surface area contributed by atoms with Gasteiger partial charge in [-0.2, -0.15) is 0 Å². The van der Waals surface area contributed by atoms with Gasteiger partial charge in [0.25, 0.3) is 5.56 Å². The molecule has 0 aromatic carbocycles. The van der Waals surface area contributed by atoms with Gasteiger partial charge in [0.15, 0.2) is 17.4 Å². The van der Waals surface area contributed by atoms with E-state index in [1.807, 2.05) is 0 Å². The number of aliphatic imine (C=N–C) groups is 1. The quantitative estimate of drug-likeness (QED) is 0.787. The molecule has 1 N–H and O–H groups in total. The minimum Gasteiger partial charge on any atom is -0.482 e. The Morgan fingerprint density at radius 1 is 1.41 bits per heavy atom. The molecule has 0 saturated carbocycles. The first-order valence-corrected chi connectivity index (χ1v) is 5.05. The summed E-state index contributed by atoms with van der Waals surface area (Å²) in [6, 6.07) is 3.38. The molecule has 0 unspecified atom stereocenters. The summed E-state index contributed by atoms with van der Waals surface area (Å²) in [7, 11) is 0. The number of fused-ring (bicyclic) bond motifs is 1. The van der Waals surface area contributed by atoms with Crippen LogP contribution in [0.4, 0.5) is 5.82 Å². The monoisotopic (exact) mass is 228 g/mol. The zero-order valence-corrected chi connectivity index (χ0v) is 8.75. The first kappa shape index (κ1) is 9.71. The van der Waals surface area contributed by atoms with E-state index in [9.17, 15) is 4.79 Å². The van der Waals surface area contributed by atoms with Gasteiger partial charge in [-0.05, 0) is 12.1 Å². The number of H-pyrrole nitrogens is 1. The summed E-state index contributed by atoms with van der Waals surface area (Å²) in [6.45, 7) is 0.418. The van der Waals surface area contributed by atoms with Crippen LogP contribution in [0.25, 0.3) is 11.4 Å². The van der Waals surface area contributed by atoms with E-state index in [-0.39, 0.29) is 5.56 Å². The van der Waals surface area contributed by atoms with E-state index in [1.54, 1.807) is 24.5 Å². The van der Waals surface area contributed by atoms with E-state index in [1.165, 1.54) is 6.20 Å². The number of nitrogens with one attached hydrogen (secondary N) is 1. The lowest BCUT2D eigenvalue weighted by molar-refractivity contribution is 0.373. The van der Waals surface area contributed by atoms with E-state index < -0.39 is 0 Å². The maximum Gasteiger partial charge on any atom is 0.259 e. The third-order valence-corrected chi connectivity index (χ3v) is 2.32. The van der Waals surface area contributed by atoms with Gasteiger partial charge in [0, 0.05) is 12.4 Å². The number of pyridine rings is 1. The fourth-order valence-corrected chi connectivity index (χ4v) is 1.53. The van der Waals surface area contributed by atoms with Gasteiger partial charge < -0.3 is 9.72 Å². The molecule has 0 aliphatic carbocycles. The predicted octanol–water partition coefficient (Wildman–Crippen LogP) is 0.927. The van der Waals surface area contributed by atoms with Crippen LogP contribution in [0.15, 0.2) is 34.3 Å². The number of aromatic nitrogens is 3. The van der Waals surface area contributed by atoms with E-state index >= 15 is 0 Å². The van der Waals surface area contributed by atoms with Crippen molar-refractivity contribution in [2.24, 2.45) is 4.99 Å². The van der Waals surface area contributed by atoms with Gasteiger partial charge in [0.05, 0.1) is 11.8 Å². The van der Waals surface area contributed by atoms with Crippen LogP contribution >= 0.6 is 0 Å². The number of hydrogen-bond acceptors (Lipinski definition) is 5. The zero-order chi connectivity index (χ0) is 11.7. The molecule has 1 aliphatic heterocycles. The number of aromatic amines is 1. The Labute approximate surface area is 96.0 Å². The van der Waals surface area contributed by atoms with Crippen LogP contribution in [0.5, 0.6) is 5.75 Å². The number of ether oxygens (including phenoxy) is 1. The van der Waals surface area contributed by atoms with Crippen molar-refractivity contribution in [2.75, 3.05) is 6.61 Å². The summed E-state index contributed by atoms with van der Waals surface area (Å²) in [6.07, 6.45) is 4.71. The maximum atomic E-state index is 11.6. The standard InChI is InChI=1S/C11H8N4O2/c16-11-7(2-1-3-13-11)9-14-6-8-10(15-9)12-4-5-17-8/h1-4,6H,5H2,(H,13,16). The summed E-state index contributed by atoms with van der Waals surface area (Å²) in [5.74, 6) is 1.32. The Morgan fingerprint density at radius 2 is 2.35 bits per heavy atom. The Balaban J connectivity index is 2.15. The van der Waals surface area contributed by atoms with Gasteiger partial charge in [0.1, 0.15) is 6.61 Å². The summed E-state index contributed by atoms with van der Waals surface area (Å²) in [5.41, 5.74) is 0.184. The van der Waals surface area contributed by atoms with Crippen LogP contribution in [-0.2, 0) is 0 Å². The van der Waals surface area contributed by atoms with E-state index in [2.05, 4.69) is 19.9 Å². The van der Waals surface area contributed by atoms with Crippen molar-refractivity contribution in [1.29, 1.82) is 0 Å². The molecule has 0 saturated heterocycles. The molecule has 3 rings (SSSR count). The topological polar surface area (TPSA) is 80.2 Å². The SMILES string of the molecule is O=c1[nH]cccc1-c1ncc2c(n1)N=CCO2. The highest BCUT2D eigenvalue weighted by atomic mass is 16.5. The highest BCUT2D eigenvalue weighted by Crippen LogP contribution is 2.27. The molecular weight excluding hydrogens is 220 g/mol. The fourth-order valence-electron chi connectivity index (χ4n) is 1.53. The van der Waals surface area contributed by atoms with Crippen LogP contribution < -0.4 is 10.3 Å². The second kappa shape index (κ2) is 3.82. The molecule has 6 heteroatoms. The maximum absolute atomic E-state index is 11.6. The normalized spacial score (nSPS) is 12.9.